The van der Waals surface area contributed by atoms with E-state index in [1.54, 1.807) is 0 Å². The van der Waals surface area contributed by atoms with Gasteiger partial charge in [-0.2, -0.15) is 0 Å². The van der Waals surface area contributed by atoms with Crippen molar-refractivity contribution in [2.75, 3.05) is 13.1 Å². The van der Waals surface area contributed by atoms with Gasteiger partial charge >= 0.3 is 0 Å². The summed E-state index contributed by atoms with van der Waals surface area (Å²) in [6, 6.07) is 0. The van der Waals surface area contributed by atoms with Crippen molar-refractivity contribution >= 4 is 0 Å². The molecule has 114 valence electrons. The second-order valence-electron chi connectivity index (χ2n) is 6.02. The minimum absolute atomic E-state index is 1.04. The Morgan fingerprint density at radius 3 is 1.68 bits per heavy atom. The van der Waals surface area contributed by atoms with Gasteiger partial charge in [-0.25, -0.2) is 0 Å². The molecule has 0 fully saturated rings. The highest BCUT2D eigenvalue weighted by Gasteiger charge is 1.92. The van der Waals surface area contributed by atoms with Crippen molar-refractivity contribution in [3.8, 4) is 0 Å². The maximum absolute atomic E-state index is 3.47. The van der Waals surface area contributed by atoms with Crippen molar-refractivity contribution in [1.29, 1.82) is 0 Å². The average Bonchev–Trinajstić information content (AvgIpc) is 2.39. The molecule has 0 aliphatic rings. The molecule has 0 aromatic heterocycles. The first kappa shape index (κ1) is 18.7. The predicted octanol–water partition coefficient (Wildman–Crippen LogP) is 5.85. The van der Waals surface area contributed by atoms with E-state index in [2.05, 4.69) is 32.2 Å². The molecule has 0 aliphatic carbocycles. The van der Waals surface area contributed by atoms with Crippen molar-refractivity contribution in [3.63, 3.8) is 0 Å². The fourth-order valence-corrected chi connectivity index (χ4v) is 2.29. The van der Waals surface area contributed by atoms with Crippen molar-refractivity contribution in [3.05, 3.63) is 11.6 Å². The fraction of sp³-hybridized carbons (Fsp3) is 0.889. The van der Waals surface area contributed by atoms with E-state index in [-0.39, 0.29) is 0 Å². The third kappa shape index (κ3) is 17.7. The fourth-order valence-electron chi connectivity index (χ4n) is 2.29. The SMILES string of the molecule is CCCCCCCCCCCCCNCC=C(C)C. The summed E-state index contributed by atoms with van der Waals surface area (Å²) in [5, 5.41) is 3.47. The minimum Gasteiger partial charge on any atom is -0.313 e. The van der Waals surface area contributed by atoms with Gasteiger partial charge in [0.25, 0.3) is 0 Å². The van der Waals surface area contributed by atoms with E-state index in [0.29, 0.717) is 0 Å². The second kappa shape index (κ2) is 15.8. The van der Waals surface area contributed by atoms with Gasteiger partial charge in [-0.05, 0) is 26.8 Å². The smallest absolute Gasteiger partial charge is 0.0137 e. The minimum atomic E-state index is 1.04. The van der Waals surface area contributed by atoms with E-state index >= 15 is 0 Å². The summed E-state index contributed by atoms with van der Waals surface area (Å²) in [6.45, 7) is 8.82. The van der Waals surface area contributed by atoms with Gasteiger partial charge in [0.05, 0.1) is 0 Å². The third-order valence-electron chi connectivity index (χ3n) is 3.61. The highest BCUT2D eigenvalue weighted by atomic mass is 14.8. The standard InChI is InChI=1S/C18H37N/c1-4-5-6-7-8-9-10-11-12-13-14-16-19-17-15-18(2)3/h15,19H,4-14,16-17H2,1-3H3. The molecule has 1 nitrogen and oxygen atoms in total. The summed E-state index contributed by atoms with van der Waals surface area (Å²) in [7, 11) is 0. The summed E-state index contributed by atoms with van der Waals surface area (Å²) in [6.07, 6.45) is 18.0. The summed E-state index contributed by atoms with van der Waals surface area (Å²) < 4.78 is 0. The molecule has 19 heavy (non-hydrogen) atoms. The van der Waals surface area contributed by atoms with Crippen LogP contribution in [0.1, 0.15) is 91.4 Å². The van der Waals surface area contributed by atoms with E-state index in [1.165, 1.54) is 82.7 Å². The topological polar surface area (TPSA) is 12.0 Å². The average molecular weight is 268 g/mol. The molecule has 0 saturated carbocycles. The molecule has 0 spiro atoms. The lowest BCUT2D eigenvalue weighted by Crippen LogP contribution is -2.15. The maximum atomic E-state index is 3.47. The Labute approximate surface area is 122 Å². The van der Waals surface area contributed by atoms with Crippen LogP contribution in [0.3, 0.4) is 0 Å². The number of hydrogen-bond acceptors (Lipinski definition) is 1. The van der Waals surface area contributed by atoms with Gasteiger partial charge < -0.3 is 5.32 Å². The number of nitrogens with one attached hydrogen (secondary N) is 1. The largest absolute Gasteiger partial charge is 0.313 e. The second-order valence-corrected chi connectivity index (χ2v) is 6.02. The van der Waals surface area contributed by atoms with E-state index in [1.807, 2.05) is 0 Å². The molecule has 0 bridgehead atoms. The lowest BCUT2D eigenvalue weighted by molar-refractivity contribution is 0.543. The Balaban J connectivity index is 2.97. The molecule has 0 radical (unpaired) electrons. The highest BCUT2D eigenvalue weighted by molar-refractivity contribution is 4.94. The van der Waals surface area contributed by atoms with Crippen LogP contribution >= 0.6 is 0 Å². The van der Waals surface area contributed by atoms with Crippen molar-refractivity contribution in [1.82, 2.24) is 5.32 Å². The zero-order valence-corrected chi connectivity index (χ0v) is 13.8. The Bertz CT molecular complexity index is 192. The Kier molecular flexibility index (Phi) is 15.5. The molecule has 0 aromatic carbocycles. The van der Waals surface area contributed by atoms with Crippen molar-refractivity contribution in [2.45, 2.75) is 91.4 Å². The number of hydrogen-bond donors (Lipinski definition) is 1. The van der Waals surface area contributed by atoms with Gasteiger partial charge in [0.15, 0.2) is 0 Å². The first-order valence-corrected chi connectivity index (χ1v) is 8.61. The van der Waals surface area contributed by atoms with Crippen LogP contribution in [0.5, 0.6) is 0 Å². The van der Waals surface area contributed by atoms with E-state index in [0.717, 1.165) is 6.54 Å². The van der Waals surface area contributed by atoms with Crippen molar-refractivity contribution in [2.24, 2.45) is 0 Å². The Hall–Kier alpha value is -0.300. The molecule has 1 heteroatoms. The third-order valence-corrected chi connectivity index (χ3v) is 3.61. The summed E-state index contributed by atoms with van der Waals surface area (Å²) in [4.78, 5) is 0. The molecule has 0 atom stereocenters. The van der Waals surface area contributed by atoms with Gasteiger partial charge in [0, 0.05) is 6.54 Å². The first-order chi connectivity index (χ1) is 9.27. The van der Waals surface area contributed by atoms with Crippen LogP contribution in [0.2, 0.25) is 0 Å². The molecule has 0 aliphatic heterocycles. The Morgan fingerprint density at radius 1 is 0.737 bits per heavy atom. The lowest BCUT2D eigenvalue weighted by atomic mass is 10.1. The van der Waals surface area contributed by atoms with Gasteiger partial charge in [-0.15, -0.1) is 0 Å². The molecule has 1 N–H and O–H groups in total. The summed E-state index contributed by atoms with van der Waals surface area (Å²) in [5.41, 5.74) is 1.41. The first-order valence-electron chi connectivity index (χ1n) is 8.61. The summed E-state index contributed by atoms with van der Waals surface area (Å²) in [5.74, 6) is 0. The normalized spacial score (nSPS) is 10.7. The molecular weight excluding hydrogens is 230 g/mol. The van der Waals surface area contributed by atoms with Crippen LogP contribution in [-0.4, -0.2) is 13.1 Å². The molecule has 0 saturated heterocycles. The molecule has 0 heterocycles. The zero-order chi connectivity index (χ0) is 14.2. The maximum Gasteiger partial charge on any atom is 0.0137 e. The van der Waals surface area contributed by atoms with Gasteiger partial charge in [0.1, 0.15) is 0 Å². The van der Waals surface area contributed by atoms with Gasteiger partial charge in [-0.1, -0.05) is 82.8 Å². The monoisotopic (exact) mass is 267 g/mol. The van der Waals surface area contributed by atoms with Crippen molar-refractivity contribution < 1.29 is 0 Å². The Morgan fingerprint density at radius 2 is 1.21 bits per heavy atom. The van der Waals surface area contributed by atoms with Crippen LogP contribution in [-0.2, 0) is 0 Å². The van der Waals surface area contributed by atoms with Crippen LogP contribution in [0.25, 0.3) is 0 Å². The van der Waals surface area contributed by atoms with E-state index < -0.39 is 0 Å². The molecule has 0 aromatic rings. The zero-order valence-electron chi connectivity index (χ0n) is 13.8. The van der Waals surface area contributed by atoms with Crippen LogP contribution in [0, 0.1) is 0 Å². The number of allylic oxidation sites excluding steroid dienone is 1. The number of rotatable bonds is 14. The predicted molar refractivity (Wildman–Crippen MR) is 88.8 cm³/mol. The highest BCUT2D eigenvalue weighted by Crippen LogP contribution is 2.10. The molecule has 0 rings (SSSR count). The van der Waals surface area contributed by atoms with Gasteiger partial charge in [-0.3, -0.25) is 0 Å². The van der Waals surface area contributed by atoms with E-state index in [9.17, 15) is 0 Å². The summed E-state index contributed by atoms with van der Waals surface area (Å²) >= 11 is 0. The molecular formula is C18H37N. The quantitative estimate of drug-likeness (QED) is 0.307. The van der Waals surface area contributed by atoms with Crippen LogP contribution < -0.4 is 5.32 Å². The van der Waals surface area contributed by atoms with Gasteiger partial charge in [0.2, 0.25) is 0 Å². The molecule has 0 amide bonds. The van der Waals surface area contributed by atoms with E-state index in [4.69, 9.17) is 0 Å². The number of unbranched alkanes of at least 4 members (excludes halogenated alkanes) is 10. The lowest BCUT2D eigenvalue weighted by Gasteiger charge is -2.03. The van der Waals surface area contributed by atoms with Crippen LogP contribution in [0.4, 0.5) is 0 Å². The van der Waals surface area contributed by atoms with Crippen LogP contribution in [0.15, 0.2) is 11.6 Å². The molecule has 0 unspecified atom stereocenters.